The van der Waals surface area contributed by atoms with Crippen molar-refractivity contribution in [1.82, 2.24) is 4.90 Å². The van der Waals surface area contributed by atoms with E-state index in [9.17, 15) is 0 Å². The molecular formula is C35H67NO4. The van der Waals surface area contributed by atoms with Gasteiger partial charge in [-0.3, -0.25) is 4.90 Å². The Balaban J connectivity index is 1.25. The minimum Gasteiger partial charge on any atom is -0.350 e. The molecule has 236 valence electrons. The third kappa shape index (κ3) is 10.2. The standard InChI is InChI=1S/C35H67NO4/c1-30(2,3)24-34(25-31(4,5)6)37-20-28(21-38-34)18-16-14-12-13-15-17-19-29-22-39-35(40-23-29)26-32(7,8)36(11)33(9,10)27-35/h28-29H,12-27H2,1-11H3. The Morgan fingerprint density at radius 3 is 1.30 bits per heavy atom. The Kier molecular flexibility index (Phi) is 11.3. The van der Waals surface area contributed by atoms with Gasteiger partial charge in [-0.05, 0) is 58.4 Å². The Hall–Kier alpha value is -0.200. The average molecular weight is 566 g/mol. The average Bonchev–Trinajstić information content (AvgIpc) is 2.79. The topological polar surface area (TPSA) is 40.2 Å². The lowest BCUT2D eigenvalue weighted by Crippen LogP contribution is -2.66. The second-order valence-electron chi connectivity index (χ2n) is 17.5. The van der Waals surface area contributed by atoms with Crippen LogP contribution in [0.2, 0.25) is 0 Å². The molecule has 0 aromatic heterocycles. The Bertz CT molecular complexity index is 723. The second kappa shape index (κ2) is 13.2. The minimum atomic E-state index is -0.414. The summed E-state index contributed by atoms with van der Waals surface area (Å²) < 4.78 is 26.0. The smallest absolute Gasteiger partial charge is 0.171 e. The van der Waals surface area contributed by atoms with Gasteiger partial charge in [0.2, 0.25) is 0 Å². The van der Waals surface area contributed by atoms with Crippen molar-refractivity contribution in [2.45, 2.75) is 169 Å². The fraction of sp³-hybridized carbons (Fsp3) is 1.00. The first-order valence-corrected chi connectivity index (χ1v) is 16.6. The highest BCUT2D eigenvalue weighted by Gasteiger charge is 2.53. The van der Waals surface area contributed by atoms with Gasteiger partial charge in [0.25, 0.3) is 0 Å². The van der Waals surface area contributed by atoms with Crippen molar-refractivity contribution in [1.29, 1.82) is 0 Å². The number of ether oxygens (including phenoxy) is 4. The van der Waals surface area contributed by atoms with Crippen LogP contribution in [0.25, 0.3) is 0 Å². The Morgan fingerprint density at radius 2 is 0.925 bits per heavy atom. The number of hydrogen-bond donors (Lipinski definition) is 0. The zero-order valence-electron chi connectivity index (χ0n) is 28.5. The van der Waals surface area contributed by atoms with Gasteiger partial charge >= 0.3 is 0 Å². The second-order valence-corrected chi connectivity index (χ2v) is 17.5. The molecule has 5 heteroatoms. The zero-order chi connectivity index (χ0) is 29.9. The number of likely N-dealkylation sites (tertiary alicyclic amines) is 1. The molecule has 0 aromatic rings. The van der Waals surface area contributed by atoms with Crippen molar-refractivity contribution in [3.8, 4) is 0 Å². The van der Waals surface area contributed by atoms with E-state index in [1.54, 1.807) is 0 Å². The molecule has 3 saturated heterocycles. The van der Waals surface area contributed by atoms with Crippen LogP contribution in [-0.2, 0) is 18.9 Å². The summed E-state index contributed by atoms with van der Waals surface area (Å²) in [6.45, 7) is 26.4. The molecule has 0 radical (unpaired) electrons. The van der Waals surface area contributed by atoms with Gasteiger partial charge < -0.3 is 18.9 Å². The number of rotatable bonds is 11. The summed E-state index contributed by atoms with van der Waals surface area (Å²) in [5.74, 6) is 0.280. The van der Waals surface area contributed by atoms with Gasteiger partial charge in [-0.2, -0.15) is 0 Å². The maximum Gasteiger partial charge on any atom is 0.171 e. The summed E-state index contributed by atoms with van der Waals surface area (Å²) in [4.78, 5) is 2.49. The van der Waals surface area contributed by atoms with E-state index in [1.165, 1.54) is 51.4 Å². The molecule has 0 aliphatic carbocycles. The van der Waals surface area contributed by atoms with Crippen LogP contribution in [0, 0.1) is 22.7 Å². The molecule has 0 amide bonds. The van der Waals surface area contributed by atoms with Crippen molar-refractivity contribution in [3.63, 3.8) is 0 Å². The maximum atomic E-state index is 6.51. The van der Waals surface area contributed by atoms with Gasteiger partial charge in [-0.1, -0.05) is 80.1 Å². The zero-order valence-corrected chi connectivity index (χ0v) is 28.5. The van der Waals surface area contributed by atoms with Crippen LogP contribution >= 0.6 is 0 Å². The first kappa shape index (κ1) is 34.3. The molecule has 0 saturated carbocycles. The van der Waals surface area contributed by atoms with Crippen LogP contribution in [0.5, 0.6) is 0 Å². The first-order valence-electron chi connectivity index (χ1n) is 16.6. The molecule has 3 heterocycles. The number of nitrogens with zero attached hydrogens (tertiary/aromatic N) is 1. The van der Waals surface area contributed by atoms with Gasteiger partial charge in [0.1, 0.15) is 0 Å². The molecule has 0 aromatic carbocycles. The SMILES string of the molecule is CN1C(C)(C)CC2(CC1(C)C)OCC(CCCCCCCCC1COC(CC(C)(C)C)(CC(C)(C)C)OC1)CO2. The molecule has 3 aliphatic rings. The van der Waals surface area contributed by atoms with E-state index in [4.69, 9.17) is 18.9 Å². The van der Waals surface area contributed by atoms with Gasteiger partial charge in [0.15, 0.2) is 11.6 Å². The summed E-state index contributed by atoms with van der Waals surface area (Å²) in [5.41, 5.74) is 0.542. The molecule has 1 spiro atoms. The quantitative estimate of drug-likeness (QED) is 0.234. The van der Waals surface area contributed by atoms with E-state index in [1.807, 2.05) is 0 Å². The van der Waals surface area contributed by atoms with Gasteiger partial charge in [-0.25, -0.2) is 0 Å². The van der Waals surface area contributed by atoms with Crippen LogP contribution in [0.1, 0.15) is 146 Å². The molecule has 5 nitrogen and oxygen atoms in total. The minimum absolute atomic E-state index is 0.0781. The van der Waals surface area contributed by atoms with E-state index in [0.717, 1.165) is 52.1 Å². The summed E-state index contributed by atoms with van der Waals surface area (Å²) in [6, 6.07) is 0. The van der Waals surface area contributed by atoms with Crippen LogP contribution < -0.4 is 0 Å². The molecule has 0 N–H and O–H groups in total. The molecule has 3 rings (SSSR count). The lowest BCUT2D eigenvalue weighted by atomic mass is 9.76. The van der Waals surface area contributed by atoms with Crippen LogP contribution in [0.3, 0.4) is 0 Å². The predicted molar refractivity (Wildman–Crippen MR) is 166 cm³/mol. The monoisotopic (exact) mass is 566 g/mol. The summed E-state index contributed by atoms with van der Waals surface area (Å²) >= 11 is 0. The lowest BCUT2D eigenvalue weighted by molar-refractivity contribution is -0.325. The molecular weight excluding hydrogens is 498 g/mol. The molecule has 0 bridgehead atoms. The number of piperidine rings is 1. The third-order valence-corrected chi connectivity index (χ3v) is 9.62. The van der Waals surface area contributed by atoms with E-state index < -0.39 is 11.6 Å². The third-order valence-electron chi connectivity index (χ3n) is 9.62. The predicted octanol–water partition coefficient (Wildman–Crippen LogP) is 8.98. The summed E-state index contributed by atoms with van der Waals surface area (Å²) in [6.07, 6.45) is 14.2. The fourth-order valence-corrected chi connectivity index (χ4v) is 7.69. The van der Waals surface area contributed by atoms with Gasteiger partial charge in [-0.15, -0.1) is 0 Å². The lowest BCUT2D eigenvalue weighted by Gasteiger charge is -2.58. The Labute approximate surface area is 248 Å². The molecule has 3 fully saturated rings. The first-order chi connectivity index (χ1) is 18.3. The van der Waals surface area contributed by atoms with Gasteiger partial charge in [0, 0.05) is 48.6 Å². The highest BCUT2D eigenvalue weighted by molar-refractivity contribution is 5.03. The van der Waals surface area contributed by atoms with E-state index in [2.05, 4.69) is 81.2 Å². The van der Waals surface area contributed by atoms with Crippen molar-refractivity contribution in [3.05, 3.63) is 0 Å². The summed E-state index contributed by atoms with van der Waals surface area (Å²) in [7, 11) is 2.24. The normalized spacial score (nSPS) is 25.9. The van der Waals surface area contributed by atoms with E-state index in [0.29, 0.717) is 11.8 Å². The van der Waals surface area contributed by atoms with Gasteiger partial charge in [0.05, 0.1) is 26.4 Å². The van der Waals surface area contributed by atoms with E-state index in [-0.39, 0.29) is 21.9 Å². The van der Waals surface area contributed by atoms with Crippen molar-refractivity contribution < 1.29 is 18.9 Å². The summed E-state index contributed by atoms with van der Waals surface area (Å²) in [5, 5.41) is 0. The van der Waals surface area contributed by atoms with Crippen LogP contribution in [0.15, 0.2) is 0 Å². The molecule has 40 heavy (non-hydrogen) atoms. The molecule has 0 unspecified atom stereocenters. The highest BCUT2D eigenvalue weighted by Crippen LogP contribution is 2.47. The number of hydrogen-bond acceptors (Lipinski definition) is 5. The van der Waals surface area contributed by atoms with E-state index >= 15 is 0 Å². The maximum absolute atomic E-state index is 6.51. The fourth-order valence-electron chi connectivity index (χ4n) is 7.69. The largest absolute Gasteiger partial charge is 0.350 e. The Morgan fingerprint density at radius 1 is 0.575 bits per heavy atom. The van der Waals surface area contributed by atoms with Crippen LogP contribution in [0.4, 0.5) is 0 Å². The van der Waals surface area contributed by atoms with Crippen molar-refractivity contribution in [2.24, 2.45) is 22.7 Å². The molecule has 3 aliphatic heterocycles. The van der Waals surface area contributed by atoms with Crippen molar-refractivity contribution >= 4 is 0 Å². The highest BCUT2D eigenvalue weighted by atomic mass is 16.7. The number of unbranched alkanes of at least 4 members (excludes halogenated alkanes) is 5. The molecule has 0 atom stereocenters. The van der Waals surface area contributed by atoms with Crippen LogP contribution in [-0.4, -0.2) is 61.0 Å². The van der Waals surface area contributed by atoms with Crippen molar-refractivity contribution in [2.75, 3.05) is 33.5 Å².